The van der Waals surface area contributed by atoms with Gasteiger partial charge in [0.2, 0.25) is 0 Å². The quantitative estimate of drug-likeness (QED) is 0.168. The molecule has 0 aliphatic rings. The molecule has 0 radical (unpaired) electrons. The topological polar surface area (TPSA) is 27.7 Å². The molecule has 0 amide bonds. The van der Waals surface area contributed by atoms with E-state index in [1.807, 2.05) is 20.8 Å². The SMILES string of the molecule is CCCCCCCCC(Cc1cc(F)c(F)c(F)c1)C(OCC)(OCC)OCC. The third-order valence-electron chi connectivity index (χ3n) is 4.97. The van der Waals surface area contributed by atoms with Gasteiger partial charge < -0.3 is 14.2 Å². The van der Waals surface area contributed by atoms with Crippen molar-refractivity contribution >= 4 is 0 Å². The first-order chi connectivity index (χ1) is 13.9. The zero-order chi connectivity index (χ0) is 21.7. The highest BCUT2D eigenvalue weighted by atomic mass is 19.2. The summed E-state index contributed by atoms with van der Waals surface area (Å²) in [7, 11) is 0. The lowest BCUT2D eigenvalue weighted by molar-refractivity contribution is -0.402. The first-order valence-electron chi connectivity index (χ1n) is 11.0. The zero-order valence-electron chi connectivity index (χ0n) is 18.4. The summed E-state index contributed by atoms with van der Waals surface area (Å²) in [5.41, 5.74) is 0.362. The average Bonchev–Trinajstić information content (AvgIpc) is 2.68. The summed E-state index contributed by atoms with van der Waals surface area (Å²) in [5, 5.41) is 0. The van der Waals surface area contributed by atoms with E-state index in [0.717, 1.165) is 31.4 Å². The molecule has 1 aromatic carbocycles. The summed E-state index contributed by atoms with van der Waals surface area (Å²) in [5.74, 6) is -5.39. The summed E-state index contributed by atoms with van der Waals surface area (Å²) in [6.07, 6.45) is 7.72. The number of hydrogen-bond acceptors (Lipinski definition) is 3. The fraction of sp³-hybridized carbons (Fsp3) is 0.739. The molecule has 0 aliphatic carbocycles. The van der Waals surface area contributed by atoms with Gasteiger partial charge in [-0.3, -0.25) is 0 Å². The third-order valence-corrected chi connectivity index (χ3v) is 4.97. The molecule has 29 heavy (non-hydrogen) atoms. The number of rotatable bonds is 16. The van der Waals surface area contributed by atoms with Crippen molar-refractivity contribution < 1.29 is 27.4 Å². The van der Waals surface area contributed by atoms with Gasteiger partial charge in [-0.15, -0.1) is 0 Å². The molecule has 0 bridgehead atoms. The van der Waals surface area contributed by atoms with Crippen LogP contribution in [0.1, 0.15) is 78.2 Å². The fourth-order valence-electron chi connectivity index (χ4n) is 3.67. The van der Waals surface area contributed by atoms with Crippen LogP contribution in [0.5, 0.6) is 0 Å². The van der Waals surface area contributed by atoms with Gasteiger partial charge in [0.25, 0.3) is 5.97 Å². The van der Waals surface area contributed by atoms with Crippen LogP contribution in [0.25, 0.3) is 0 Å². The van der Waals surface area contributed by atoms with Crippen LogP contribution >= 0.6 is 0 Å². The van der Waals surface area contributed by atoms with E-state index in [1.54, 1.807) is 0 Å². The first kappa shape index (κ1) is 25.9. The highest BCUT2D eigenvalue weighted by molar-refractivity contribution is 5.20. The van der Waals surface area contributed by atoms with Gasteiger partial charge in [0.05, 0.1) is 0 Å². The second-order valence-electron chi connectivity index (χ2n) is 7.23. The summed E-state index contributed by atoms with van der Waals surface area (Å²) >= 11 is 0. The Morgan fingerprint density at radius 2 is 1.24 bits per heavy atom. The van der Waals surface area contributed by atoms with Crippen LogP contribution in [0, 0.1) is 23.4 Å². The monoisotopic (exact) mass is 418 g/mol. The lowest BCUT2D eigenvalue weighted by Gasteiger charge is -2.39. The lowest BCUT2D eigenvalue weighted by atomic mass is 9.90. The Morgan fingerprint density at radius 1 is 0.759 bits per heavy atom. The molecule has 168 valence electrons. The molecule has 1 unspecified atom stereocenters. The number of hydrogen-bond donors (Lipinski definition) is 0. The Labute approximate surface area is 173 Å². The normalized spacial score (nSPS) is 13.1. The molecule has 0 saturated carbocycles. The van der Waals surface area contributed by atoms with Crippen LogP contribution < -0.4 is 0 Å². The van der Waals surface area contributed by atoms with Crippen molar-refractivity contribution in [3.05, 3.63) is 35.1 Å². The second-order valence-corrected chi connectivity index (χ2v) is 7.23. The lowest BCUT2D eigenvalue weighted by Crippen LogP contribution is -2.47. The van der Waals surface area contributed by atoms with Gasteiger partial charge in [-0.05, 0) is 51.3 Å². The van der Waals surface area contributed by atoms with E-state index in [2.05, 4.69) is 6.92 Å². The molecule has 1 rings (SSSR count). The largest absolute Gasteiger partial charge is 0.328 e. The minimum Gasteiger partial charge on any atom is -0.328 e. The number of benzene rings is 1. The second kappa shape index (κ2) is 14.0. The van der Waals surface area contributed by atoms with Crippen molar-refractivity contribution in [3.8, 4) is 0 Å². The fourth-order valence-corrected chi connectivity index (χ4v) is 3.67. The Kier molecular flexibility index (Phi) is 12.5. The molecule has 6 heteroatoms. The van der Waals surface area contributed by atoms with Crippen molar-refractivity contribution in [1.29, 1.82) is 0 Å². The third kappa shape index (κ3) is 8.27. The smallest absolute Gasteiger partial charge is 0.286 e. The van der Waals surface area contributed by atoms with Crippen molar-refractivity contribution in [2.24, 2.45) is 5.92 Å². The molecule has 0 aromatic heterocycles. The maximum Gasteiger partial charge on any atom is 0.286 e. The van der Waals surface area contributed by atoms with Gasteiger partial charge in [0, 0.05) is 25.7 Å². The zero-order valence-corrected chi connectivity index (χ0v) is 18.4. The molecule has 3 nitrogen and oxygen atoms in total. The van der Waals surface area contributed by atoms with Crippen molar-refractivity contribution in [2.45, 2.75) is 85.0 Å². The number of halogens is 3. The van der Waals surface area contributed by atoms with Crippen molar-refractivity contribution in [2.75, 3.05) is 19.8 Å². The summed E-state index contributed by atoms with van der Waals surface area (Å²) in [4.78, 5) is 0. The van der Waals surface area contributed by atoms with Crippen LogP contribution in [0.2, 0.25) is 0 Å². The summed E-state index contributed by atoms with van der Waals surface area (Å²) < 4.78 is 58.6. The molecule has 0 N–H and O–H groups in total. The van der Waals surface area contributed by atoms with Gasteiger partial charge >= 0.3 is 0 Å². The van der Waals surface area contributed by atoms with Crippen LogP contribution in [0.4, 0.5) is 13.2 Å². The molecule has 1 aromatic rings. The van der Waals surface area contributed by atoms with Crippen LogP contribution in [-0.2, 0) is 20.6 Å². The molecule has 0 fully saturated rings. The molecule has 0 heterocycles. The van der Waals surface area contributed by atoms with Crippen LogP contribution in [0.15, 0.2) is 12.1 Å². The van der Waals surface area contributed by atoms with Gasteiger partial charge in [-0.2, -0.15) is 0 Å². The molecular formula is C23H37F3O3. The number of unbranched alkanes of at least 4 members (excludes halogenated alkanes) is 5. The van der Waals surface area contributed by atoms with Gasteiger partial charge in [0.15, 0.2) is 17.5 Å². The van der Waals surface area contributed by atoms with E-state index >= 15 is 0 Å². The van der Waals surface area contributed by atoms with E-state index in [-0.39, 0.29) is 12.3 Å². The highest BCUT2D eigenvalue weighted by Crippen LogP contribution is 2.34. The Morgan fingerprint density at radius 3 is 1.72 bits per heavy atom. The maximum atomic E-state index is 13.7. The summed E-state index contributed by atoms with van der Waals surface area (Å²) in [6, 6.07) is 2.09. The molecule has 0 aliphatic heterocycles. The maximum absolute atomic E-state index is 13.7. The average molecular weight is 419 g/mol. The predicted molar refractivity (Wildman–Crippen MR) is 109 cm³/mol. The molecule has 0 spiro atoms. The van der Waals surface area contributed by atoms with Crippen molar-refractivity contribution in [3.63, 3.8) is 0 Å². The Balaban J connectivity index is 3.04. The minimum atomic E-state index is -1.45. The van der Waals surface area contributed by atoms with E-state index in [0.29, 0.717) is 31.8 Å². The molecule has 0 saturated heterocycles. The van der Waals surface area contributed by atoms with Crippen molar-refractivity contribution in [1.82, 2.24) is 0 Å². The Hall–Kier alpha value is -1.11. The first-order valence-corrected chi connectivity index (χ1v) is 11.0. The van der Waals surface area contributed by atoms with E-state index in [4.69, 9.17) is 14.2 Å². The predicted octanol–water partition coefficient (Wildman–Crippen LogP) is 6.78. The van der Waals surface area contributed by atoms with Crippen LogP contribution in [0.3, 0.4) is 0 Å². The van der Waals surface area contributed by atoms with Gasteiger partial charge in [0.1, 0.15) is 0 Å². The van der Waals surface area contributed by atoms with Gasteiger partial charge in [-0.1, -0.05) is 45.4 Å². The number of ether oxygens (including phenoxy) is 3. The van der Waals surface area contributed by atoms with E-state index in [1.165, 1.54) is 19.3 Å². The summed E-state index contributed by atoms with van der Waals surface area (Å²) in [6.45, 7) is 8.86. The van der Waals surface area contributed by atoms with Crippen LogP contribution in [-0.4, -0.2) is 25.8 Å². The minimum absolute atomic E-state index is 0.267. The standard InChI is InChI=1S/C23H37F3O3/c1-5-9-10-11-12-13-14-19(23(27-6-2,28-7-3)29-8-4)15-18-16-20(24)22(26)21(25)17-18/h16-17,19H,5-15H2,1-4H3. The molecular weight excluding hydrogens is 381 g/mol. The molecule has 1 atom stereocenters. The van der Waals surface area contributed by atoms with E-state index < -0.39 is 23.4 Å². The Bertz CT molecular complexity index is 540. The van der Waals surface area contributed by atoms with Gasteiger partial charge in [-0.25, -0.2) is 13.2 Å². The van der Waals surface area contributed by atoms with E-state index in [9.17, 15) is 13.2 Å². The highest BCUT2D eigenvalue weighted by Gasteiger charge is 2.42.